The third kappa shape index (κ3) is 2.87. The fourth-order valence-corrected chi connectivity index (χ4v) is 4.19. The van der Waals surface area contributed by atoms with Gasteiger partial charge in [0.15, 0.2) is 5.16 Å². The minimum absolute atomic E-state index is 0.240. The molecule has 8 heteroatoms. The Morgan fingerprint density at radius 2 is 2.29 bits per heavy atom. The minimum Gasteiger partial charge on any atom is -0.466 e. The number of anilines is 1. The fraction of sp³-hybridized carbons (Fsp3) is 0.312. The van der Waals surface area contributed by atoms with Crippen molar-refractivity contribution >= 4 is 34.9 Å². The van der Waals surface area contributed by atoms with Gasteiger partial charge in [-0.2, -0.15) is 0 Å². The van der Waals surface area contributed by atoms with Crippen molar-refractivity contribution in [3.8, 4) is 0 Å². The maximum atomic E-state index is 12.7. The van der Waals surface area contributed by atoms with Gasteiger partial charge in [-0.1, -0.05) is 24.8 Å². The van der Waals surface area contributed by atoms with Crippen LogP contribution >= 0.6 is 23.1 Å². The summed E-state index contributed by atoms with van der Waals surface area (Å²) in [4.78, 5) is 33.2. The summed E-state index contributed by atoms with van der Waals surface area (Å²) in [5, 5.41) is 5.58. The van der Waals surface area contributed by atoms with E-state index in [0.29, 0.717) is 27.8 Å². The third-order valence-corrected chi connectivity index (χ3v) is 5.43. The van der Waals surface area contributed by atoms with Gasteiger partial charge in [-0.25, -0.2) is 9.78 Å². The number of H-pyrrole nitrogens is 1. The highest BCUT2D eigenvalue weighted by Gasteiger charge is 2.36. The average Bonchev–Trinajstić information content (AvgIpc) is 3.07. The maximum Gasteiger partial charge on any atom is 0.336 e. The van der Waals surface area contributed by atoms with E-state index >= 15 is 0 Å². The Balaban J connectivity index is 2.23. The molecule has 2 aromatic heterocycles. The van der Waals surface area contributed by atoms with Gasteiger partial charge in [0.25, 0.3) is 5.56 Å². The SMILES string of the molecule is CCSc1nc2c(c(=O)[nH]1)[C@H](c1cccs1)C(C(=O)OC)=C(C)N2. The highest BCUT2D eigenvalue weighted by Crippen LogP contribution is 2.41. The van der Waals surface area contributed by atoms with Gasteiger partial charge >= 0.3 is 5.97 Å². The number of carbonyl (C=O) groups excluding carboxylic acids is 1. The zero-order valence-corrected chi connectivity index (χ0v) is 15.1. The molecule has 1 atom stereocenters. The Bertz CT molecular complexity index is 856. The lowest BCUT2D eigenvalue weighted by molar-refractivity contribution is -0.136. The Labute approximate surface area is 147 Å². The van der Waals surface area contributed by atoms with Crippen LogP contribution in [0.2, 0.25) is 0 Å². The molecule has 0 aliphatic carbocycles. The molecule has 0 saturated carbocycles. The van der Waals surface area contributed by atoms with Gasteiger partial charge in [-0.15, -0.1) is 11.3 Å². The largest absolute Gasteiger partial charge is 0.466 e. The first-order valence-electron chi connectivity index (χ1n) is 7.43. The fourth-order valence-electron chi connectivity index (χ4n) is 2.76. The topological polar surface area (TPSA) is 84.1 Å². The molecule has 126 valence electrons. The van der Waals surface area contributed by atoms with E-state index in [-0.39, 0.29) is 5.56 Å². The standard InChI is InChI=1S/C16H17N3O3S2/c1-4-23-16-18-13-12(14(20)19-16)11(9-6-5-7-24-9)10(8(2)17-13)15(21)22-3/h5-7,11H,4H2,1-3H3,(H2,17,18,19,20)/t11-/m1/s1. The van der Waals surface area contributed by atoms with Crippen molar-refractivity contribution in [2.24, 2.45) is 0 Å². The number of thioether (sulfide) groups is 1. The molecule has 0 radical (unpaired) electrons. The van der Waals surface area contributed by atoms with E-state index < -0.39 is 11.9 Å². The normalized spacial score (nSPS) is 16.5. The van der Waals surface area contributed by atoms with Crippen molar-refractivity contribution in [2.45, 2.75) is 24.9 Å². The smallest absolute Gasteiger partial charge is 0.336 e. The molecule has 3 heterocycles. The molecule has 1 aliphatic rings. The monoisotopic (exact) mass is 363 g/mol. The number of nitrogens with one attached hydrogen (secondary N) is 2. The molecular formula is C16H17N3O3S2. The first-order chi connectivity index (χ1) is 11.6. The lowest BCUT2D eigenvalue weighted by Crippen LogP contribution is -2.30. The van der Waals surface area contributed by atoms with E-state index in [0.717, 1.165) is 10.6 Å². The Hall–Kier alpha value is -2.06. The Morgan fingerprint density at radius 3 is 2.92 bits per heavy atom. The first-order valence-corrected chi connectivity index (χ1v) is 9.29. The van der Waals surface area contributed by atoms with Gasteiger partial charge in [0.05, 0.1) is 24.2 Å². The second-order valence-electron chi connectivity index (χ2n) is 5.17. The van der Waals surface area contributed by atoms with Crippen LogP contribution < -0.4 is 10.9 Å². The first kappa shape index (κ1) is 16.8. The van der Waals surface area contributed by atoms with Crippen molar-refractivity contribution in [1.29, 1.82) is 0 Å². The van der Waals surface area contributed by atoms with Gasteiger partial charge in [-0.3, -0.25) is 4.79 Å². The molecule has 0 aromatic carbocycles. The van der Waals surface area contributed by atoms with E-state index in [4.69, 9.17) is 4.74 Å². The van der Waals surface area contributed by atoms with Crippen molar-refractivity contribution in [3.63, 3.8) is 0 Å². The predicted octanol–water partition coefficient (Wildman–Crippen LogP) is 2.95. The average molecular weight is 363 g/mol. The summed E-state index contributed by atoms with van der Waals surface area (Å²) in [5.41, 5.74) is 1.30. The molecule has 1 aliphatic heterocycles. The number of fused-ring (bicyclic) bond motifs is 1. The highest BCUT2D eigenvalue weighted by molar-refractivity contribution is 7.99. The Kier molecular flexibility index (Phi) is 4.77. The lowest BCUT2D eigenvalue weighted by Gasteiger charge is -2.27. The number of aromatic amines is 1. The molecule has 24 heavy (non-hydrogen) atoms. The number of esters is 1. The van der Waals surface area contributed by atoms with Gasteiger partial charge in [-0.05, 0) is 24.1 Å². The van der Waals surface area contributed by atoms with Crippen LogP contribution in [0.3, 0.4) is 0 Å². The van der Waals surface area contributed by atoms with E-state index in [2.05, 4.69) is 15.3 Å². The van der Waals surface area contributed by atoms with Crippen LogP contribution in [-0.4, -0.2) is 28.8 Å². The van der Waals surface area contributed by atoms with Gasteiger partial charge in [0, 0.05) is 10.6 Å². The minimum atomic E-state index is -0.481. The molecule has 0 unspecified atom stereocenters. The van der Waals surface area contributed by atoms with Crippen molar-refractivity contribution < 1.29 is 9.53 Å². The van der Waals surface area contributed by atoms with Crippen LogP contribution in [-0.2, 0) is 9.53 Å². The number of ether oxygens (including phenoxy) is 1. The molecule has 0 fully saturated rings. The van der Waals surface area contributed by atoms with Crippen LogP contribution in [0, 0.1) is 0 Å². The molecule has 0 bridgehead atoms. The third-order valence-electron chi connectivity index (χ3n) is 3.73. The molecule has 3 rings (SSSR count). The number of nitrogens with zero attached hydrogens (tertiary/aromatic N) is 1. The Morgan fingerprint density at radius 1 is 1.50 bits per heavy atom. The number of aromatic nitrogens is 2. The van der Waals surface area contributed by atoms with Crippen LogP contribution in [0.15, 0.2) is 38.7 Å². The van der Waals surface area contributed by atoms with Crippen molar-refractivity contribution in [3.05, 3.63) is 49.6 Å². The van der Waals surface area contributed by atoms with E-state index in [9.17, 15) is 9.59 Å². The molecule has 6 nitrogen and oxygen atoms in total. The van der Waals surface area contributed by atoms with Gasteiger partial charge in [0.1, 0.15) is 5.82 Å². The van der Waals surface area contributed by atoms with Crippen LogP contribution in [0.1, 0.15) is 30.2 Å². The number of thiophene rings is 1. The number of rotatable bonds is 4. The van der Waals surface area contributed by atoms with E-state index in [1.165, 1.54) is 30.2 Å². The summed E-state index contributed by atoms with van der Waals surface area (Å²) in [5.74, 6) is 0.373. The highest BCUT2D eigenvalue weighted by atomic mass is 32.2. The number of carbonyl (C=O) groups is 1. The van der Waals surface area contributed by atoms with Crippen molar-refractivity contribution in [2.75, 3.05) is 18.2 Å². The molecule has 0 saturated heterocycles. The van der Waals surface area contributed by atoms with E-state index in [1.807, 2.05) is 24.4 Å². The molecule has 2 N–H and O–H groups in total. The summed E-state index contributed by atoms with van der Waals surface area (Å²) in [6.07, 6.45) is 0. The summed E-state index contributed by atoms with van der Waals surface area (Å²) in [6, 6.07) is 3.81. The van der Waals surface area contributed by atoms with Crippen LogP contribution in [0.5, 0.6) is 0 Å². The van der Waals surface area contributed by atoms with Crippen molar-refractivity contribution in [1.82, 2.24) is 9.97 Å². The lowest BCUT2D eigenvalue weighted by atomic mass is 9.86. The van der Waals surface area contributed by atoms with Crippen LogP contribution in [0.25, 0.3) is 0 Å². The summed E-state index contributed by atoms with van der Waals surface area (Å²) in [6.45, 7) is 3.79. The quantitative estimate of drug-likeness (QED) is 0.494. The van der Waals surface area contributed by atoms with Gasteiger partial charge < -0.3 is 15.0 Å². The second-order valence-corrected chi connectivity index (χ2v) is 7.40. The number of methoxy groups -OCH3 is 1. The number of hydrogen-bond donors (Lipinski definition) is 2. The van der Waals surface area contributed by atoms with Gasteiger partial charge in [0.2, 0.25) is 0 Å². The second kappa shape index (κ2) is 6.82. The molecular weight excluding hydrogens is 346 g/mol. The van der Waals surface area contributed by atoms with Crippen LogP contribution in [0.4, 0.5) is 5.82 Å². The number of hydrogen-bond acceptors (Lipinski definition) is 7. The summed E-state index contributed by atoms with van der Waals surface area (Å²) < 4.78 is 4.94. The number of allylic oxidation sites excluding steroid dienone is 1. The maximum absolute atomic E-state index is 12.7. The predicted molar refractivity (Wildman–Crippen MR) is 95.8 cm³/mol. The zero-order chi connectivity index (χ0) is 17.3. The van der Waals surface area contributed by atoms with E-state index in [1.54, 1.807) is 6.92 Å². The summed E-state index contributed by atoms with van der Waals surface area (Å²) in [7, 11) is 1.34. The zero-order valence-electron chi connectivity index (χ0n) is 13.5. The molecule has 0 spiro atoms. The molecule has 2 aromatic rings. The summed E-state index contributed by atoms with van der Waals surface area (Å²) >= 11 is 2.96. The molecule has 0 amide bonds.